The van der Waals surface area contributed by atoms with Gasteiger partial charge in [-0.15, -0.1) is 0 Å². The van der Waals surface area contributed by atoms with Crippen molar-refractivity contribution in [1.29, 1.82) is 0 Å². The van der Waals surface area contributed by atoms with E-state index in [1.807, 2.05) is 12.1 Å². The van der Waals surface area contributed by atoms with Gasteiger partial charge in [-0.05, 0) is 52.9 Å². The Labute approximate surface area is 121 Å². The molecule has 0 radical (unpaired) electrons. The molecule has 1 N–H and O–H groups in total. The lowest BCUT2D eigenvalue weighted by Gasteiger charge is -2.05. The molecule has 2 nitrogen and oxygen atoms in total. The van der Waals surface area contributed by atoms with E-state index in [0.717, 1.165) is 14.0 Å². The molecule has 0 unspecified atom stereocenters. The Morgan fingerprint density at radius 2 is 2.06 bits per heavy atom. The molecule has 1 aromatic heterocycles. The molecule has 0 spiro atoms. The second kappa shape index (κ2) is 5.97. The third-order valence-corrected chi connectivity index (χ3v) is 3.32. The van der Waals surface area contributed by atoms with E-state index in [2.05, 4.69) is 43.8 Å². The summed E-state index contributed by atoms with van der Waals surface area (Å²) in [7, 11) is 0. The lowest BCUT2D eigenvalue weighted by Crippen LogP contribution is -2.13. The summed E-state index contributed by atoms with van der Waals surface area (Å²) in [4.78, 5) is 0. The van der Waals surface area contributed by atoms with E-state index in [4.69, 9.17) is 4.42 Å². The molecule has 2 rings (SSSR count). The molecule has 0 amide bonds. The molecule has 0 aliphatic rings. The van der Waals surface area contributed by atoms with Crippen LogP contribution in [-0.4, -0.2) is 0 Å². The van der Waals surface area contributed by atoms with Gasteiger partial charge in [-0.3, -0.25) is 0 Å². The minimum absolute atomic E-state index is 0.199. The zero-order chi connectivity index (χ0) is 12.3. The van der Waals surface area contributed by atoms with E-state index < -0.39 is 0 Å². The zero-order valence-corrected chi connectivity index (χ0v) is 12.6. The lowest BCUT2D eigenvalue weighted by atomic mass is 10.2. The number of nitrogens with one attached hydrogen (secondary N) is 1. The number of hydrogen-bond donors (Lipinski definition) is 1. The molecule has 5 heteroatoms. The molecule has 1 heterocycles. The summed E-state index contributed by atoms with van der Waals surface area (Å²) >= 11 is 5.44. The van der Waals surface area contributed by atoms with Crippen LogP contribution >= 0.6 is 38.5 Å². The topological polar surface area (TPSA) is 25.2 Å². The van der Waals surface area contributed by atoms with Gasteiger partial charge < -0.3 is 9.73 Å². The highest BCUT2D eigenvalue weighted by Gasteiger charge is 2.03. The molecule has 0 aliphatic carbocycles. The predicted octanol–water partition coefficient (Wildman–Crippen LogP) is 4.08. The van der Waals surface area contributed by atoms with Crippen molar-refractivity contribution >= 4 is 38.5 Å². The highest BCUT2D eigenvalue weighted by atomic mass is 127. The zero-order valence-electron chi connectivity index (χ0n) is 8.84. The number of rotatable bonds is 4. The fraction of sp³-hybridized carbons (Fsp3) is 0.167. The lowest BCUT2D eigenvalue weighted by molar-refractivity contribution is 0.460. The van der Waals surface area contributed by atoms with Gasteiger partial charge >= 0.3 is 0 Å². The largest absolute Gasteiger partial charge is 0.454 e. The standard InChI is InChI=1S/C12H10BrFINO/c13-9-1-3-11(14)8(5-9)6-16-7-10-2-4-12(15)17-10/h1-5,16H,6-7H2. The van der Waals surface area contributed by atoms with Crippen LogP contribution in [0.1, 0.15) is 11.3 Å². The van der Waals surface area contributed by atoms with Gasteiger partial charge in [-0.25, -0.2) is 4.39 Å². The smallest absolute Gasteiger partial charge is 0.164 e. The van der Waals surface area contributed by atoms with Crippen LogP contribution in [0.5, 0.6) is 0 Å². The van der Waals surface area contributed by atoms with Crippen LogP contribution in [-0.2, 0) is 13.1 Å². The summed E-state index contributed by atoms with van der Waals surface area (Å²) in [5, 5.41) is 3.14. The molecule has 0 bridgehead atoms. The van der Waals surface area contributed by atoms with Crippen molar-refractivity contribution < 1.29 is 8.81 Å². The van der Waals surface area contributed by atoms with E-state index in [-0.39, 0.29) is 5.82 Å². The van der Waals surface area contributed by atoms with Gasteiger partial charge in [0.2, 0.25) is 0 Å². The number of benzene rings is 1. The van der Waals surface area contributed by atoms with E-state index in [0.29, 0.717) is 18.7 Å². The van der Waals surface area contributed by atoms with Crippen LogP contribution in [0.2, 0.25) is 0 Å². The monoisotopic (exact) mass is 409 g/mol. The van der Waals surface area contributed by atoms with E-state index in [9.17, 15) is 4.39 Å². The summed E-state index contributed by atoms with van der Waals surface area (Å²) in [6.45, 7) is 1.07. The fourth-order valence-electron chi connectivity index (χ4n) is 1.45. The Kier molecular flexibility index (Phi) is 4.58. The van der Waals surface area contributed by atoms with Crippen LogP contribution in [0.3, 0.4) is 0 Å². The Morgan fingerprint density at radius 1 is 1.24 bits per heavy atom. The second-order valence-electron chi connectivity index (χ2n) is 3.55. The maximum Gasteiger partial charge on any atom is 0.164 e. The normalized spacial score (nSPS) is 10.8. The summed E-state index contributed by atoms with van der Waals surface area (Å²) in [6.07, 6.45) is 0. The molecular weight excluding hydrogens is 400 g/mol. The van der Waals surface area contributed by atoms with Gasteiger partial charge in [0.25, 0.3) is 0 Å². The summed E-state index contributed by atoms with van der Waals surface area (Å²) in [5.41, 5.74) is 0.639. The number of hydrogen-bond acceptors (Lipinski definition) is 2. The van der Waals surface area contributed by atoms with Crippen molar-refractivity contribution in [3.8, 4) is 0 Å². The molecule has 0 atom stereocenters. The van der Waals surface area contributed by atoms with Crippen LogP contribution in [0.4, 0.5) is 4.39 Å². The predicted molar refractivity (Wildman–Crippen MR) is 76.1 cm³/mol. The number of furan rings is 1. The Balaban J connectivity index is 1.91. The van der Waals surface area contributed by atoms with Crippen molar-refractivity contribution in [3.63, 3.8) is 0 Å². The van der Waals surface area contributed by atoms with Gasteiger partial charge in [-0.2, -0.15) is 0 Å². The summed E-state index contributed by atoms with van der Waals surface area (Å²) in [5.74, 6) is 0.652. The molecule has 90 valence electrons. The first-order chi connectivity index (χ1) is 8.15. The summed E-state index contributed by atoms with van der Waals surface area (Å²) < 4.78 is 20.5. The van der Waals surface area contributed by atoms with Gasteiger partial charge in [0.1, 0.15) is 11.6 Å². The molecule has 17 heavy (non-hydrogen) atoms. The minimum Gasteiger partial charge on any atom is -0.454 e. The maximum atomic E-state index is 13.4. The van der Waals surface area contributed by atoms with Crippen LogP contribution in [0, 0.1) is 9.58 Å². The minimum atomic E-state index is -0.199. The fourth-order valence-corrected chi connectivity index (χ4v) is 2.32. The van der Waals surface area contributed by atoms with Gasteiger partial charge in [0, 0.05) is 16.6 Å². The summed E-state index contributed by atoms with van der Waals surface area (Å²) in [6, 6.07) is 8.72. The van der Waals surface area contributed by atoms with Crippen molar-refractivity contribution in [2.24, 2.45) is 0 Å². The molecule has 1 aromatic carbocycles. The quantitative estimate of drug-likeness (QED) is 0.770. The van der Waals surface area contributed by atoms with E-state index in [1.54, 1.807) is 12.1 Å². The molecule has 2 aromatic rings. The van der Waals surface area contributed by atoms with Gasteiger partial charge in [0.15, 0.2) is 3.77 Å². The Morgan fingerprint density at radius 3 is 2.76 bits per heavy atom. The number of halogens is 3. The average Bonchev–Trinajstić information content (AvgIpc) is 2.69. The van der Waals surface area contributed by atoms with Gasteiger partial charge in [0.05, 0.1) is 6.54 Å². The second-order valence-corrected chi connectivity index (χ2v) is 5.52. The molecule has 0 aliphatic heterocycles. The Bertz CT molecular complexity index is 515. The van der Waals surface area contributed by atoms with Gasteiger partial charge in [-0.1, -0.05) is 15.9 Å². The third-order valence-electron chi connectivity index (χ3n) is 2.25. The van der Waals surface area contributed by atoms with Crippen molar-refractivity contribution in [1.82, 2.24) is 5.32 Å². The first kappa shape index (κ1) is 13.0. The van der Waals surface area contributed by atoms with Crippen molar-refractivity contribution in [2.45, 2.75) is 13.1 Å². The highest BCUT2D eigenvalue weighted by Crippen LogP contribution is 2.15. The molecule has 0 saturated carbocycles. The molecule has 0 fully saturated rings. The highest BCUT2D eigenvalue weighted by molar-refractivity contribution is 14.1. The maximum absolute atomic E-state index is 13.4. The SMILES string of the molecule is Fc1ccc(Br)cc1CNCc1ccc(I)o1. The van der Waals surface area contributed by atoms with Crippen LogP contribution in [0.25, 0.3) is 0 Å². The van der Waals surface area contributed by atoms with Crippen molar-refractivity contribution in [2.75, 3.05) is 0 Å². The van der Waals surface area contributed by atoms with E-state index >= 15 is 0 Å². The van der Waals surface area contributed by atoms with Crippen LogP contribution < -0.4 is 5.32 Å². The van der Waals surface area contributed by atoms with Crippen LogP contribution in [0.15, 0.2) is 39.2 Å². The Hall–Kier alpha value is -0.400. The van der Waals surface area contributed by atoms with E-state index in [1.165, 1.54) is 6.07 Å². The first-order valence-corrected chi connectivity index (χ1v) is 6.91. The molecular formula is C12H10BrFINO. The van der Waals surface area contributed by atoms with Crippen molar-refractivity contribution in [3.05, 3.63) is 55.7 Å². The first-order valence-electron chi connectivity index (χ1n) is 5.04. The third kappa shape index (κ3) is 3.79. The molecule has 0 saturated heterocycles. The average molecular weight is 410 g/mol.